The molecule has 2 rings (SSSR count). The summed E-state index contributed by atoms with van der Waals surface area (Å²) in [4.78, 5) is 44.1. The lowest BCUT2D eigenvalue weighted by molar-refractivity contribution is -0.144. The number of carbonyl (C=O) groups is 3. The van der Waals surface area contributed by atoms with Gasteiger partial charge in [0, 0.05) is 57.1 Å². The number of hydrogen-bond acceptors (Lipinski definition) is 6. The normalized spacial score (nSPS) is 21.7. The number of nitrogens with one attached hydrogen (secondary N) is 1. The first-order valence-electron chi connectivity index (χ1n) is 15.9. The zero-order valence-corrected chi connectivity index (χ0v) is 29.0. The molecule has 1 saturated carbocycles. The summed E-state index contributed by atoms with van der Waals surface area (Å²) in [7, 11) is 3.44. The Hall–Kier alpha value is -2.64. The SMILES string of the molecule is C/C=C(\C=NC)[C@H](C)C(CCC(C)=O)NC(=O)[C@@H]1CC(C)CN1C(=O)[C@@H](C)C(C)(C)C.C/C=C(\N=NC)C1CC1.CC. The van der Waals surface area contributed by atoms with Crippen molar-refractivity contribution >= 4 is 23.8 Å². The number of rotatable bonds is 11. The topological polar surface area (TPSA) is 104 Å². The number of aliphatic imine (C=N–C) groups is 1. The average molecular weight is 588 g/mol. The van der Waals surface area contributed by atoms with E-state index in [4.69, 9.17) is 0 Å². The van der Waals surface area contributed by atoms with E-state index in [1.54, 1.807) is 32.1 Å². The van der Waals surface area contributed by atoms with Gasteiger partial charge in [0.1, 0.15) is 11.8 Å². The third kappa shape index (κ3) is 13.1. The van der Waals surface area contributed by atoms with E-state index in [0.717, 1.165) is 17.2 Å². The van der Waals surface area contributed by atoms with Gasteiger partial charge >= 0.3 is 0 Å². The zero-order chi connectivity index (χ0) is 32.6. The molecular weight excluding hydrogens is 526 g/mol. The highest BCUT2D eigenvalue weighted by Gasteiger charge is 2.42. The second-order valence-corrected chi connectivity index (χ2v) is 12.5. The molecule has 2 fully saturated rings. The molecule has 0 radical (unpaired) electrons. The molecule has 1 N–H and O–H groups in total. The van der Waals surface area contributed by atoms with Gasteiger partial charge in [-0.3, -0.25) is 14.6 Å². The molecule has 0 aromatic rings. The van der Waals surface area contributed by atoms with Gasteiger partial charge in [0.25, 0.3) is 0 Å². The average Bonchev–Trinajstić information content (AvgIpc) is 3.72. The monoisotopic (exact) mass is 587 g/mol. The molecule has 8 heteroatoms. The Morgan fingerprint density at radius 3 is 2.07 bits per heavy atom. The molecule has 42 heavy (non-hydrogen) atoms. The second-order valence-electron chi connectivity index (χ2n) is 12.5. The van der Waals surface area contributed by atoms with Crippen LogP contribution in [0.1, 0.15) is 108 Å². The van der Waals surface area contributed by atoms with Crippen LogP contribution in [0.15, 0.2) is 38.6 Å². The van der Waals surface area contributed by atoms with E-state index < -0.39 is 6.04 Å². The lowest BCUT2D eigenvalue weighted by Crippen LogP contribution is -2.52. The van der Waals surface area contributed by atoms with Crippen molar-refractivity contribution in [1.82, 2.24) is 10.2 Å². The maximum absolute atomic E-state index is 13.4. The Morgan fingerprint density at radius 1 is 1.05 bits per heavy atom. The summed E-state index contributed by atoms with van der Waals surface area (Å²) < 4.78 is 0. The summed E-state index contributed by atoms with van der Waals surface area (Å²) in [5, 5.41) is 10.9. The highest BCUT2D eigenvalue weighted by atomic mass is 16.2. The molecule has 0 bridgehead atoms. The van der Waals surface area contributed by atoms with Gasteiger partial charge in [-0.1, -0.05) is 67.5 Å². The molecular formula is C34H61N5O3. The largest absolute Gasteiger partial charge is 0.351 e. The number of Topliss-reactive ketones (excluding diaryl/α,β-unsaturated/α-hetero) is 1. The summed E-state index contributed by atoms with van der Waals surface area (Å²) in [6.45, 7) is 22.4. The van der Waals surface area contributed by atoms with Crippen molar-refractivity contribution in [3.63, 3.8) is 0 Å². The molecule has 1 heterocycles. The highest BCUT2D eigenvalue weighted by molar-refractivity contribution is 5.90. The molecule has 1 aliphatic heterocycles. The summed E-state index contributed by atoms with van der Waals surface area (Å²) >= 11 is 0. The Kier molecular flexibility index (Phi) is 18.3. The van der Waals surface area contributed by atoms with Gasteiger partial charge in [0.15, 0.2) is 0 Å². The van der Waals surface area contributed by atoms with Crippen molar-refractivity contribution in [2.45, 2.75) is 120 Å². The van der Waals surface area contributed by atoms with Crippen LogP contribution in [-0.4, -0.2) is 61.4 Å². The molecule has 0 aromatic heterocycles. The summed E-state index contributed by atoms with van der Waals surface area (Å²) in [6.07, 6.45) is 10.1. The number of ketones is 1. The van der Waals surface area contributed by atoms with Crippen LogP contribution in [0.25, 0.3) is 0 Å². The molecule has 2 amide bonds. The Morgan fingerprint density at radius 2 is 1.64 bits per heavy atom. The summed E-state index contributed by atoms with van der Waals surface area (Å²) in [5.41, 5.74) is 2.02. The summed E-state index contributed by atoms with van der Waals surface area (Å²) in [6, 6.07) is -0.665. The smallest absolute Gasteiger partial charge is 0.243 e. The van der Waals surface area contributed by atoms with E-state index in [2.05, 4.69) is 48.2 Å². The van der Waals surface area contributed by atoms with Crippen LogP contribution in [-0.2, 0) is 14.4 Å². The molecule has 2 unspecified atom stereocenters. The summed E-state index contributed by atoms with van der Waals surface area (Å²) in [5.74, 6) is 0.866. The zero-order valence-electron chi connectivity index (χ0n) is 29.0. The quantitative estimate of drug-likeness (QED) is 0.200. The van der Waals surface area contributed by atoms with Crippen LogP contribution in [0.5, 0.6) is 0 Å². The van der Waals surface area contributed by atoms with Crippen molar-refractivity contribution in [2.24, 2.45) is 44.3 Å². The van der Waals surface area contributed by atoms with Crippen molar-refractivity contribution in [3.05, 3.63) is 23.4 Å². The maximum atomic E-state index is 13.4. The van der Waals surface area contributed by atoms with E-state index in [0.29, 0.717) is 25.8 Å². The van der Waals surface area contributed by atoms with Crippen molar-refractivity contribution in [3.8, 4) is 0 Å². The van der Waals surface area contributed by atoms with Crippen LogP contribution in [0.2, 0.25) is 0 Å². The van der Waals surface area contributed by atoms with E-state index in [9.17, 15) is 14.4 Å². The predicted octanol–water partition coefficient (Wildman–Crippen LogP) is 7.45. The number of amides is 2. The lowest BCUT2D eigenvalue weighted by atomic mass is 9.81. The fourth-order valence-corrected chi connectivity index (χ4v) is 4.95. The maximum Gasteiger partial charge on any atom is 0.243 e. The Labute approximate surface area is 257 Å². The molecule has 5 atom stereocenters. The molecule has 2 aliphatic rings. The highest BCUT2D eigenvalue weighted by Crippen LogP contribution is 2.37. The molecule has 0 aromatic carbocycles. The van der Waals surface area contributed by atoms with Gasteiger partial charge in [-0.25, -0.2) is 0 Å². The first-order valence-corrected chi connectivity index (χ1v) is 15.9. The standard InChI is InChI=1S/C25H43N3O3.C7H12N2.C2H6/c1-10-20(14-26-9)18(4)21(12-11-17(3)29)27-23(30)22-13-16(2)15-28(22)24(31)19(5)25(6,7)8;1-3-7(9-8-2)6-4-5-6;1-2/h10,14,16,18-19,21-22H,11-13,15H2,1-9H3,(H,27,30);3,6H,4-5H2,1-2H3;1-2H3/b20-10+,26-14?;7-3-,9-8?;/t16?,18-,19+,21?,22-;;/m0../s1. The molecule has 8 nitrogen and oxygen atoms in total. The van der Waals surface area contributed by atoms with E-state index in [-0.39, 0.29) is 46.8 Å². The predicted molar refractivity (Wildman–Crippen MR) is 176 cm³/mol. The number of allylic oxidation sites excluding steroid dienone is 3. The van der Waals surface area contributed by atoms with Gasteiger partial charge in [0.05, 0.1) is 5.70 Å². The first-order chi connectivity index (χ1) is 19.7. The number of hydrogen-bond donors (Lipinski definition) is 1. The van der Waals surface area contributed by atoms with Crippen molar-refractivity contribution in [1.29, 1.82) is 0 Å². The van der Waals surface area contributed by atoms with Crippen molar-refractivity contribution < 1.29 is 14.4 Å². The fraction of sp³-hybridized carbons (Fsp3) is 0.765. The van der Waals surface area contributed by atoms with Crippen LogP contribution in [0.3, 0.4) is 0 Å². The fourth-order valence-electron chi connectivity index (χ4n) is 4.95. The van der Waals surface area contributed by atoms with Gasteiger partial charge in [0.2, 0.25) is 11.8 Å². The molecule has 1 saturated heterocycles. The lowest BCUT2D eigenvalue weighted by Gasteiger charge is -2.34. The second kappa shape index (κ2) is 19.5. The number of likely N-dealkylation sites (tertiary alicyclic amines) is 1. The Bertz CT molecular complexity index is 972. The van der Waals surface area contributed by atoms with E-state index in [1.807, 2.05) is 53.7 Å². The number of azo groups is 1. The molecule has 0 spiro atoms. The third-order valence-corrected chi connectivity index (χ3v) is 8.15. The van der Waals surface area contributed by atoms with Gasteiger partial charge in [-0.15, -0.1) is 0 Å². The molecule has 240 valence electrons. The van der Waals surface area contributed by atoms with Crippen LogP contribution in [0, 0.1) is 29.1 Å². The minimum Gasteiger partial charge on any atom is -0.351 e. The molecule has 1 aliphatic carbocycles. The van der Waals surface area contributed by atoms with Crippen LogP contribution in [0.4, 0.5) is 0 Å². The van der Waals surface area contributed by atoms with Gasteiger partial charge in [-0.05, 0) is 63.4 Å². The van der Waals surface area contributed by atoms with Gasteiger partial charge < -0.3 is 15.0 Å². The van der Waals surface area contributed by atoms with Crippen LogP contribution < -0.4 is 5.32 Å². The minimum absolute atomic E-state index is 0.00785. The van der Waals surface area contributed by atoms with Crippen LogP contribution >= 0.6 is 0 Å². The van der Waals surface area contributed by atoms with Crippen molar-refractivity contribution in [2.75, 3.05) is 20.6 Å². The minimum atomic E-state index is -0.465. The van der Waals surface area contributed by atoms with E-state index in [1.165, 1.54) is 12.8 Å². The third-order valence-electron chi connectivity index (χ3n) is 8.15. The first kappa shape index (κ1) is 39.4. The Balaban J connectivity index is 0.00000128. The van der Waals surface area contributed by atoms with Gasteiger partial charge in [-0.2, -0.15) is 10.2 Å². The van der Waals surface area contributed by atoms with E-state index >= 15 is 0 Å². The number of carbonyl (C=O) groups excluding carboxylic acids is 3. The number of nitrogens with zero attached hydrogens (tertiary/aromatic N) is 4.